The third kappa shape index (κ3) is 2.03. The molecule has 1 aromatic heterocycles. The first-order chi connectivity index (χ1) is 5.25. The minimum absolute atomic E-state index is 0.588. The number of halogens is 1. The summed E-state index contributed by atoms with van der Waals surface area (Å²) in [5.41, 5.74) is 2.68. The van der Waals surface area contributed by atoms with Crippen LogP contribution in [0.25, 0.3) is 0 Å². The van der Waals surface area contributed by atoms with Crippen LogP contribution < -0.4 is 0 Å². The van der Waals surface area contributed by atoms with Gasteiger partial charge in [0, 0.05) is 17.7 Å². The van der Waals surface area contributed by atoms with Crippen molar-refractivity contribution in [2.75, 3.05) is 0 Å². The first kappa shape index (κ1) is 8.72. The van der Waals surface area contributed by atoms with Crippen LogP contribution in [0.2, 0.25) is 0 Å². The Morgan fingerprint density at radius 2 is 2.27 bits per heavy atom. The van der Waals surface area contributed by atoms with Gasteiger partial charge in [0.1, 0.15) is 0 Å². The quantitative estimate of drug-likeness (QED) is 0.689. The lowest BCUT2D eigenvalue weighted by Crippen LogP contribution is -1.94. The number of nitrogens with zero attached hydrogens (tertiary/aromatic N) is 1. The van der Waals surface area contributed by atoms with Gasteiger partial charge < -0.3 is 0 Å². The molecule has 0 aromatic carbocycles. The molecule has 1 heterocycles. The van der Waals surface area contributed by atoms with Gasteiger partial charge in [-0.25, -0.2) is 0 Å². The molecule has 0 amide bonds. The van der Waals surface area contributed by atoms with Crippen LogP contribution in [-0.4, -0.2) is 4.98 Å². The fourth-order valence-electron chi connectivity index (χ4n) is 1.11. The van der Waals surface area contributed by atoms with Gasteiger partial charge in [-0.3, -0.25) is 4.98 Å². The molecule has 0 aliphatic rings. The fourth-order valence-corrected chi connectivity index (χ4v) is 1.58. The molecule has 1 nitrogen and oxygen atoms in total. The Bertz CT molecular complexity index is 233. The molecular formula is C9H12BrN. The second kappa shape index (κ2) is 3.86. The molecule has 0 fully saturated rings. The Labute approximate surface area is 76.0 Å². The van der Waals surface area contributed by atoms with Crippen molar-refractivity contribution in [3.05, 3.63) is 29.6 Å². The van der Waals surface area contributed by atoms with E-state index in [9.17, 15) is 0 Å². The van der Waals surface area contributed by atoms with Crippen molar-refractivity contribution in [3.63, 3.8) is 0 Å². The highest BCUT2D eigenvalue weighted by molar-refractivity contribution is 9.08. The summed E-state index contributed by atoms with van der Waals surface area (Å²) in [6.45, 7) is 4.39. The van der Waals surface area contributed by atoms with Gasteiger partial charge in [0.05, 0.1) is 0 Å². The molecule has 0 bridgehead atoms. The SMILES string of the molecule is CC(C)c1ccncc1CBr. The molecule has 0 saturated heterocycles. The molecule has 1 rings (SSSR count). The smallest absolute Gasteiger partial charge is 0.0311 e. The number of alkyl halides is 1. The largest absolute Gasteiger partial charge is 0.264 e. The van der Waals surface area contributed by atoms with Crippen molar-refractivity contribution in [3.8, 4) is 0 Å². The van der Waals surface area contributed by atoms with Gasteiger partial charge in [0.15, 0.2) is 0 Å². The van der Waals surface area contributed by atoms with Crippen LogP contribution >= 0.6 is 15.9 Å². The number of pyridine rings is 1. The van der Waals surface area contributed by atoms with Gasteiger partial charge in [-0.15, -0.1) is 0 Å². The first-order valence-electron chi connectivity index (χ1n) is 3.74. The van der Waals surface area contributed by atoms with Crippen LogP contribution in [0.1, 0.15) is 30.9 Å². The van der Waals surface area contributed by atoms with E-state index in [1.807, 2.05) is 12.4 Å². The molecule has 60 valence electrons. The van der Waals surface area contributed by atoms with Crippen molar-refractivity contribution >= 4 is 15.9 Å². The van der Waals surface area contributed by atoms with E-state index in [2.05, 4.69) is 40.8 Å². The average Bonchev–Trinajstić information content (AvgIpc) is 2.04. The molecular weight excluding hydrogens is 202 g/mol. The molecule has 2 heteroatoms. The maximum absolute atomic E-state index is 4.07. The summed E-state index contributed by atoms with van der Waals surface area (Å²) in [6.07, 6.45) is 3.77. The summed E-state index contributed by atoms with van der Waals surface area (Å²) in [4.78, 5) is 4.07. The van der Waals surface area contributed by atoms with Crippen LogP contribution in [0.4, 0.5) is 0 Å². The van der Waals surface area contributed by atoms with Gasteiger partial charge in [0.2, 0.25) is 0 Å². The summed E-state index contributed by atoms with van der Waals surface area (Å²) in [5.74, 6) is 0.588. The molecule has 0 unspecified atom stereocenters. The van der Waals surface area contributed by atoms with Crippen molar-refractivity contribution in [1.82, 2.24) is 4.98 Å². The molecule has 0 aliphatic carbocycles. The van der Waals surface area contributed by atoms with Gasteiger partial charge >= 0.3 is 0 Å². The Balaban J connectivity index is 3.02. The fraction of sp³-hybridized carbons (Fsp3) is 0.444. The lowest BCUT2D eigenvalue weighted by molar-refractivity contribution is 0.850. The maximum atomic E-state index is 4.07. The molecule has 0 spiro atoms. The van der Waals surface area contributed by atoms with E-state index in [0.717, 1.165) is 5.33 Å². The van der Waals surface area contributed by atoms with Crippen molar-refractivity contribution in [1.29, 1.82) is 0 Å². The average molecular weight is 214 g/mol. The third-order valence-corrected chi connectivity index (χ3v) is 2.31. The minimum Gasteiger partial charge on any atom is -0.264 e. The van der Waals surface area contributed by atoms with Gasteiger partial charge in [0.25, 0.3) is 0 Å². The highest BCUT2D eigenvalue weighted by Crippen LogP contribution is 2.19. The lowest BCUT2D eigenvalue weighted by atomic mass is 10.0. The van der Waals surface area contributed by atoms with Crippen LogP contribution in [0.5, 0.6) is 0 Å². The van der Waals surface area contributed by atoms with E-state index in [4.69, 9.17) is 0 Å². The molecule has 0 saturated carbocycles. The van der Waals surface area contributed by atoms with E-state index in [1.54, 1.807) is 0 Å². The summed E-state index contributed by atoms with van der Waals surface area (Å²) in [6, 6.07) is 2.08. The zero-order valence-corrected chi connectivity index (χ0v) is 8.43. The number of rotatable bonds is 2. The zero-order valence-electron chi connectivity index (χ0n) is 6.84. The maximum Gasteiger partial charge on any atom is 0.0311 e. The van der Waals surface area contributed by atoms with Gasteiger partial charge in [-0.05, 0) is 23.1 Å². The van der Waals surface area contributed by atoms with E-state index >= 15 is 0 Å². The van der Waals surface area contributed by atoms with Crippen LogP contribution in [0.3, 0.4) is 0 Å². The Hall–Kier alpha value is -0.370. The Morgan fingerprint density at radius 3 is 2.73 bits per heavy atom. The summed E-state index contributed by atoms with van der Waals surface area (Å²) >= 11 is 3.44. The van der Waals surface area contributed by atoms with Crippen LogP contribution in [-0.2, 0) is 5.33 Å². The topological polar surface area (TPSA) is 12.9 Å². The normalized spacial score (nSPS) is 10.5. The molecule has 0 N–H and O–H groups in total. The number of hydrogen-bond acceptors (Lipinski definition) is 1. The summed E-state index contributed by atoms with van der Waals surface area (Å²) in [5, 5.41) is 0.897. The van der Waals surface area contributed by atoms with Crippen molar-refractivity contribution in [2.24, 2.45) is 0 Å². The Kier molecular flexibility index (Phi) is 3.06. The van der Waals surface area contributed by atoms with Crippen molar-refractivity contribution < 1.29 is 0 Å². The molecule has 0 aliphatic heterocycles. The highest BCUT2D eigenvalue weighted by atomic mass is 79.9. The second-order valence-electron chi connectivity index (χ2n) is 2.86. The summed E-state index contributed by atoms with van der Waals surface area (Å²) < 4.78 is 0. The van der Waals surface area contributed by atoms with Crippen LogP contribution in [0.15, 0.2) is 18.5 Å². The van der Waals surface area contributed by atoms with Crippen LogP contribution in [0, 0.1) is 0 Å². The first-order valence-corrected chi connectivity index (χ1v) is 4.86. The Morgan fingerprint density at radius 1 is 1.55 bits per heavy atom. The molecule has 0 atom stereocenters. The van der Waals surface area contributed by atoms with E-state index < -0.39 is 0 Å². The monoisotopic (exact) mass is 213 g/mol. The number of aromatic nitrogens is 1. The zero-order chi connectivity index (χ0) is 8.27. The molecule has 0 radical (unpaired) electrons. The third-order valence-electron chi connectivity index (χ3n) is 1.71. The lowest BCUT2D eigenvalue weighted by Gasteiger charge is -2.08. The number of hydrogen-bond donors (Lipinski definition) is 0. The second-order valence-corrected chi connectivity index (χ2v) is 3.42. The van der Waals surface area contributed by atoms with Gasteiger partial charge in [-0.1, -0.05) is 29.8 Å². The molecule has 11 heavy (non-hydrogen) atoms. The van der Waals surface area contributed by atoms with Crippen molar-refractivity contribution in [2.45, 2.75) is 25.1 Å². The van der Waals surface area contributed by atoms with E-state index in [1.165, 1.54) is 11.1 Å². The predicted molar refractivity (Wildman–Crippen MR) is 51.0 cm³/mol. The molecule has 1 aromatic rings. The predicted octanol–water partition coefficient (Wildman–Crippen LogP) is 3.10. The van der Waals surface area contributed by atoms with E-state index in [-0.39, 0.29) is 0 Å². The standard InChI is InChI=1S/C9H12BrN/c1-7(2)9-3-4-11-6-8(9)5-10/h3-4,6-7H,5H2,1-2H3. The summed E-state index contributed by atoms with van der Waals surface area (Å²) in [7, 11) is 0. The van der Waals surface area contributed by atoms with E-state index in [0.29, 0.717) is 5.92 Å². The van der Waals surface area contributed by atoms with Gasteiger partial charge in [-0.2, -0.15) is 0 Å². The minimum atomic E-state index is 0.588. The highest BCUT2D eigenvalue weighted by Gasteiger charge is 2.03.